The predicted octanol–water partition coefficient (Wildman–Crippen LogP) is 12.3. The van der Waals surface area contributed by atoms with Crippen LogP contribution in [0.3, 0.4) is 0 Å². The predicted molar refractivity (Wildman–Crippen MR) is 412 cm³/mol. The number of aliphatic carboxylic acids is 1. The molecule has 0 aromatic heterocycles. The molecule has 0 aromatic carbocycles. The number of hydrogen-bond acceptors (Lipinski definition) is 20. The highest BCUT2D eigenvalue weighted by molar-refractivity contribution is 5.77. The van der Waals surface area contributed by atoms with E-state index >= 15 is 0 Å². The molecule has 3 heterocycles. The minimum absolute atomic E-state index is 0.226. The number of aliphatic hydroxyl groups is 11. The number of ether oxygens (including phenoxy) is 6. The maximum Gasteiger partial charge on any atom is 0.364 e. The second kappa shape index (κ2) is 61.8. The third-order valence-electron chi connectivity index (χ3n) is 21.7. The van der Waals surface area contributed by atoms with Crippen molar-refractivity contribution in [3.05, 3.63) is 24.3 Å². The summed E-state index contributed by atoms with van der Waals surface area (Å²) in [5.41, 5.74) is 0. The zero-order valence-corrected chi connectivity index (χ0v) is 66.1. The molecule has 0 aromatic rings. The number of unbranched alkanes of at least 4 members (excludes halogenated alkanes) is 44. The number of aliphatic hydroxyl groups excluding tert-OH is 11. The van der Waals surface area contributed by atoms with Gasteiger partial charge in [-0.3, -0.25) is 9.59 Å². The lowest BCUT2D eigenvalue weighted by atomic mass is 9.88. The van der Waals surface area contributed by atoms with Gasteiger partial charge in [-0.05, 0) is 44.9 Å². The van der Waals surface area contributed by atoms with Crippen molar-refractivity contribution < 1.29 is 104 Å². The van der Waals surface area contributed by atoms with Crippen molar-refractivity contribution in [3.63, 3.8) is 0 Å². The normalized spacial score (nSPS) is 26.2. The molecular formula is C83H154N2O21. The smallest absolute Gasteiger partial charge is 0.364 e. The van der Waals surface area contributed by atoms with E-state index in [0.717, 1.165) is 64.7 Å². The molecule has 23 nitrogen and oxygen atoms in total. The number of carbonyl (C=O) groups is 3. The highest BCUT2D eigenvalue weighted by Crippen LogP contribution is 2.39. The number of hydrogen-bond donors (Lipinski definition) is 14. The van der Waals surface area contributed by atoms with Gasteiger partial charge in [0.15, 0.2) is 12.6 Å². The van der Waals surface area contributed by atoms with Gasteiger partial charge in [-0.25, -0.2) is 4.79 Å². The van der Waals surface area contributed by atoms with Crippen LogP contribution in [-0.4, -0.2) is 215 Å². The second-order valence-electron chi connectivity index (χ2n) is 31.0. The largest absolute Gasteiger partial charge is 0.477 e. The van der Waals surface area contributed by atoms with Crippen molar-refractivity contribution in [2.45, 2.75) is 458 Å². The zero-order valence-electron chi connectivity index (χ0n) is 66.1. The quantitative estimate of drug-likeness (QED) is 0.0199. The molecule has 3 aliphatic rings. The van der Waals surface area contributed by atoms with E-state index in [4.69, 9.17) is 28.4 Å². The summed E-state index contributed by atoms with van der Waals surface area (Å²) in [6, 6.07) is -2.53. The Balaban J connectivity index is 1.41. The lowest BCUT2D eigenvalue weighted by Crippen LogP contribution is -2.70. The minimum Gasteiger partial charge on any atom is -0.477 e. The molecule has 18 unspecified atom stereocenters. The summed E-state index contributed by atoms with van der Waals surface area (Å²) in [6.07, 6.45) is 40.6. The number of allylic oxidation sites excluding steroid dienone is 4. The van der Waals surface area contributed by atoms with Crippen LogP contribution in [0.15, 0.2) is 24.3 Å². The number of amides is 2. The number of carbonyl (C=O) groups excluding carboxylic acids is 2. The van der Waals surface area contributed by atoms with Crippen LogP contribution in [0.5, 0.6) is 0 Å². The topological polar surface area (TPSA) is 373 Å². The monoisotopic (exact) mass is 1520 g/mol. The highest BCUT2D eigenvalue weighted by atomic mass is 16.8. The van der Waals surface area contributed by atoms with Gasteiger partial charge in [-0.2, -0.15) is 0 Å². The fourth-order valence-corrected chi connectivity index (χ4v) is 14.9. The molecule has 3 saturated heterocycles. The summed E-state index contributed by atoms with van der Waals surface area (Å²) >= 11 is 0. The van der Waals surface area contributed by atoms with Gasteiger partial charge < -0.3 is 100 Å². The first kappa shape index (κ1) is 97.4. The Bertz CT molecular complexity index is 2200. The van der Waals surface area contributed by atoms with Gasteiger partial charge in [0.05, 0.1) is 50.7 Å². The molecule has 622 valence electrons. The van der Waals surface area contributed by atoms with E-state index in [1.165, 1.54) is 238 Å². The van der Waals surface area contributed by atoms with Crippen molar-refractivity contribution >= 4 is 17.8 Å². The van der Waals surface area contributed by atoms with E-state index in [2.05, 4.69) is 48.8 Å². The molecule has 18 atom stereocenters. The van der Waals surface area contributed by atoms with Gasteiger partial charge in [-0.15, -0.1) is 0 Å². The molecule has 23 heteroatoms. The van der Waals surface area contributed by atoms with Gasteiger partial charge in [0, 0.05) is 19.8 Å². The molecule has 0 saturated carbocycles. The molecule has 3 aliphatic heterocycles. The van der Waals surface area contributed by atoms with Crippen LogP contribution in [0.4, 0.5) is 0 Å². The van der Waals surface area contributed by atoms with Gasteiger partial charge in [0.2, 0.25) is 11.8 Å². The SMILES string of the molecule is CCCCCCCCCCCCCCC/C=C\C/C=C\CCCCCCCCCCCCCCCCCCCC(=O)NC(COC1OC(CO)C(OC2OC(CO)C(O)C(OC3(C(=O)O)CC(O)C(NC(C)=O)C(C(O)C(O)CO)O3)C2O)C(O)C1O)C(O)CCCCCCCCCCCCCCCCC. The van der Waals surface area contributed by atoms with Crippen molar-refractivity contribution in [1.82, 2.24) is 10.6 Å². The molecule has 0 aliphatic carbocycles. The summed E-state index contributed by atoms with van der Waals surface area (Å²) in [4.78, 5) is 38.7. The number of rotatable bonds is 68. The van der Waals surface area contributed by atoms with Gasteiger partial charge in [-0.1, -0.05) is 308 Å². The number of nitrogens with one attached hydrogen (secondary N) is 2. The number of carboxylic acids is 1. The number of carboxylic acid groups (broad SMARTS) is 1. The summed E-state index contributed by atoms with van der Waals surface area (Å²) in [5, 5.41) is 137. The van der Waals surface area contributed by atoms with Crippen LogP contribution in [0.2, 0.25) is 0 Å². The lowest BCUT2D eigenvalue weighted by molar-refractivity contribution is -0.386. The second-order valence-corrected chi connectivity index (χ2v) is 31.0. The van der Waals surface area contributed by atoms with Crippen molar-refractivity contribution in [2.75, 3.05) is 26.4 Å². The Morgan fingerprint density at radius 1 is 0.491 bits per heavy atom. The van der Waals surface area contributed by atoms with Crippen LogP contribution in [0, 0.1) is 0 Å². The van der Waals surface area contributed by atoms with Crippen molar-refractivity contribution in [1.29, 1.82) is 0 Å². The molecule has 2 amide bonds. The van der Waals surface area contributed by atoms with Gasteiger partial charge >= 0.3 is 5.97 Å². The van der Waals surface area contributed by atoms with Crippen LogP contribution < -0.4 is 10.6 Å². The molecule has 106 heavy (non-hydrogen) atoms. The van der Waals surface area contributed by atoms with Gasteiger partial charge in [0.1, 0.15) is 67.1 Å². The van der Waals surface area contributed by atoms with Crippen LogP contribution >= 0.6 is 0 Å². The molecule has 14 N–H and O–H groups in total. The fraction of sp³-hybridized carbons (Fsp3) is 0.916. The molecule has 0 radical (unpaired) electrons. The van der Waals surface area contributed by atoms with E-state index in [-0.39, 0.29) is 18.9 Å². The fourth-order valence-electron chi connectivity index (χ4n) is 14.9. The van der Waals surface area contributed by atoms with Crippen LogP contribution in [-0.2, 0) is 42.8 Å². The molecule has 3 rings (SSSR count). The third-order valence-corrected chi connectivity index (χ3v) is 21.7. The average molecular weight is 1520 g/mol. The maximum absolute atomic E-state index is 13.6. The van der Waals surface area contributed by atoms with Crippen molar-refractivity contribution in [3.8, 4) is 0 Å². The maximum atomic E-state index is 13.6. The van der Waals surface area contributed by atoms with E-state index < -0.39 is 148 Å². The first-order valence-corrected chi connectivity index (χ1v) is 42.7. The standard InChI is InChI=1S/C83H154N2O21/c1-4-6-8-10-12-14-16-18-20-21-22-23-24-25-26-27-28-29-30-31-32-33-34-35-36-37-38-39-40-41-43-45-47-49-51-53-55-57-70(93)85-64(65(90)56-54-52-50-48-46-44-42-19-17-15-13-11-9-7-5-2)62-101-80-75(97)74(96)77(69(61-88)103-80)104-81-76(98)79(73(95)68(60-87)102-81)106-83(82(99)100)58-66(91)71(84-63(3)89)78(105-83)72(94)67(92)59-86/h26-27,29-30,64-69,71-81,86-88,90-92,94-98H,4-25,28,31-62H2,1-3H3,(H,84,89)(H,85,93)(H,99,100)/b27-26-,30-29-. The van der Waals surface area contributed by atoms with E-state index in [0.29, 0.717) is 19.3 Å². The molecule has 0 bridgehead atoms. The molecule has 3 fully saturated rings. The highest BCUT2D eigenvalue weighted by Gasteiger charge is 2.60. The van der Waals surface area contributed by atoms with Gasteiger partial charge in [0.25, 0.3) is 5.79 Å². The Kier molecular flexibility index (Phi) is 56.7. The first-order chi connectivity index (χ1) is 51.4. The summed E-state index contributed by atoms with van der Waals surface area (Å²) in [5.74, 6) is -6.09. The average Bonchev–Trinajstić information content (AvgIpc) is 0.754. The molecular weight excluding hydrogens is 1360 g/mol. The molecule has 0 spiro atoms. The Labute approximate surface area is 638 Å². The summed E-state index contributed by atoms with van der Waals surface area (Å²) < 4.78 is 35.0. The first-order valence-electron chi connectivity index (χ1n) is 42.7. The van der Waals surface area contributed by atoms with E-state index in [9.17, 15) is 75.7 Å². The Morgan fingerprint density at radius 3 is 1.32 bits per heavy atom. The van der Waals surface area contributed by atoms with Crippen molar-refractivity contribution in [2.24, 2.45) is 0 Å². The van der Waals surface area contributed by atoms with Crippen LogP contribution in [0.25, 0.3) is 0 Å². The summed E-state index contributed by atoms with van der Waals surface area (Å²) in [7, 11) is 0. The summed E-state index contributed by atoms with van der Waals surface area (Å²) in [6.45, 7) is 2.25. The zero-order chi connectivity index (χ0) is 77.4. The Hall–Kier alpha value is -2.79. The van der Waals surface area contributed by atoms with E-state index in [1.807, 2.05) is 0 Å². The third kappa shape index (κ3) is 41.1. The van der Waals surface area contributed by atoms with Crippen LogP contribution in [0.1, 0.15) is 348 Å². The van der Waals surface area contributed by atoms with E-state index in [1.54, 1.807) is 0 Å². The Morgan fingerprint density at radius 2 is 0.906 bits per heavy atom. The lowest BCUT2D eigenvalue weighted by Gasteiger charge is -2.50. The minimum atomic E-state index is -3.08.